The van der Waals surface area contributed by atoms with Crippen LogP contribution in [-0.2, 0) is 9.53 Å². The first-order chi connectivity index (χ1) is 8.67. The minimum atomic E-state index is -0.598. The Balaban J connectivity index is 4.44. The van der Waals surface area contributed by atoms with Crippen LogP contribution in [0.5, 0.6) is 0 Å². The molecule has 0 saturated carbocycles. The van der Waals surface area contributed by atoms with Gasteiger partial charge in [-0.05, 0) is 33.1 Å². The van der Waals surface area contributed by atoms with Gasteiger partial charge in [0.1, 0.15) is 11.6 Å². The summed E-state index contributed by atoms with van der Waals surface area (Å²) in [5.74, 6) is -0.223. The lowest BCUT2D eigenvalue weighted by Gasteiger charge is -2.25. The minimum Gasteiger partial charge on any atom is -0.444 e. The summed E-state index contributed by atoms with van der Waals surface area (Å²) in [6.45, 7) is 13.2. The van der Waals surface area contributed by atoms with Crippen molar-refractivity contribution in [1.29, 1.82) is 0 Å². The van der Waals surface area contributed by atoms with Gasteiger partial charge in [0, 0.05) is 6.54 Å². The Morgan fingerprint density at radius 3 is 2.32 bits per heavy atom. The summed E-state index contributed by atoms with van der Waals surface area (Å²) in [5.41, 5.74) is -0.578. The molecule has 0 aliphatic carbocycles. The largest absolute Gasteiger partial charge is 0.444 e. The van der Waals surface area contributed by atoms with Crippen LogP contribution >= 0.6 is 0 Å². The summed E-state index contributed by atoms with van der Waals surface area (Å²) in [6, 6.07) is -0.598. The molecule has 0 spiro atoms. The average Bonchev–Trinajstić information content (AvgIpc) is 2.23. The van der Waals surface area contributed by atoms with Crippen LogP contribution in [-0.4, -0.2) is 30.2 Å². The van der Waals surface area contributed by atoms with Gasteiger partial charge in [0.15, 0.2) is 0 Å². The summed E-state index contributed by atoms with van der Waals surface area (Å²) < 4.78 is 5.15. The molecule has 1 atom stereocenters. The minimum absolute atomic E-state index is 0.0174. The van der Waals surface area contributed by atoms with Gasteiger partial charge in [-0.15, -0.1) is 6.58 Å². The molecule has 2 amide bonds. The van der Waals surface area contributed by atoms with Crippen LogP contribution in [0.3, 0.4) is 0 Å². The quantitative estimate of drug-likeness (QED) is 0.574. The topological polar surface area (TPSA) is 67.4 Å². The molecule has 0 fully saturated rings. The summed E-state index contributed by atoms with van der Waals surface area (Å²) in [7, 11) is 0. The zero-order valence-electron chi connectivity index (χ0n) is 12.6. The average molecular weight is 270 g/mol. The first kappa shape index (κ1) is 17.5. The Bertz CT molecular complexity index is 319. The molecule has 0 bridgehead atoms. The SMILES string of the molecule is C=CCCNC(=O)[C@@H](NC(=O)OC(C)(C)C)C(C)C. The van der Waals surface area contributed by atoms with E-state index in [4.69, 9.17) is 4.74 Å². The second-order valence-electron chi connectivity index (χ2n) is 5.74. The molecule has 110 valence electrons. The molecule has 5 heteroatoms. The highest BCUT2D eigenvalue weighted by atomic mass is 16.6. The van der Waals surface area contributed by atoms with Crippen molar-refractivity contribution in [2.45, 2.75) is 52.7 Å². The zero-order chi connectivity index (χ0) is 15.1. The normalized spacial score (nSPS) is 12.7. The third kappa shape index (κ3) is 8.24. The fourth-order valence-electron chi connectivity index (χ4n) is 1.38. The molecule has 19 heavy (non-hydrogen) atoms. The monoisotopic (exact) mass is 270 g/mol. The molecule has 0 heterocycles. The Kier molecular flexibility index (Phi) is 7.19. The molecule has 0 aliphatic heterocycles. The molecule has 0 unspecified atom stereocenters. The van der Waals surface area contributed by atoms with Crippen LogP contribution in [0, 0.1) is 5.92 Å². The zero-order valence-corrected chi connectivity index (χ0v) is 12.6. The Morgan fingerprint density at radius 1 is 1.32 bits per heavy atom. The Hall–Kier alpha value is -1.52. The van der Waals surface area contributed by atoms with Crippen LogP contribution in [0.1, 0.15) is 41.0 Å². The summed E-state index contributed by atoms with van der Waals surface area (Å²) in [5, 5.41) is 5.35. The number of alkyl carbamates (subject to hydrolysis) is 1. The molecule has 0 radical (unpaired) electrons. The van der Waals surface area contributed by atoms with Crippen LogP contribution < -0.4 is 10.6 Å². The highest BCUT2D eigenvalue weighted by Crippen LogP contribution is 2.08. The van der Waals surface area contributed by atoms with Crippen LogP contribution in [0.15, 0.2) is 12.7 Å². The lowest BCUT2D eigenvalue weighted by atomic mass is 10.0. The van der Waals surface area contributed by atoms with Crippen molar-refractivity contribution in [3.05, 3.63) is 12.7 Å². The molecule has 0 aromatic carbocycles. The predicted octanol–water partition coefficient (Wildman–Crippen LogP) is 2.23. The number of ether oxygens (including phenoxy) is 1. The van der Waals surface area contributed by atoms with Crippen LogP contribution in [0.4, 0.5) is 4.79 Å². The number of hydrogen-bond acceptors (Lipinski definition) is 3. The van der Waals surface area contributed by atoms with E-state index in [1.54, 1.807) is 26.8 Å². The molecule has 0 saturated heterocycles. The number of rotatable bonds is 6. The van der Waals surface area contributed by atoms with Crippen molar-refractivity contribution in [3.63, 3.8) is 0 Å². The van der Waals surface area contributed by atoms with Crippen LogP contribution in [0.25, 0.3) is 0 Å². The first-order valence-corrected chi connectivity index (χ1v) is 6.55. The van der Waals surface area contributed by atoms with Gasteiger partial charge in [0.2, 0.25) is 5.91 Å². The fraction of sp³-hybridized carbons (Fsp3) is 0.714. The second kappa shape index (κ2) is 7.81. The van der Waals surface area contributed by atoms with Gasteiger partial charge in [0.25, 0.3) is 0 Å². The van der Waals surface area contributed by atoms with Gasteiger partial charge in [-0.25, -0.2) is 4.79 Å². The van der Waals surface area contributed by atoms with Gasteiger partial charge in [-0.1, -0.05) is 19.9 Å². The highest BCUT2D eigenvalue weighted by molar-refractivity contribution is 5.85. The van der Waals surface area contributed by atoms with Gasteiger partial charge >= 0.3 is 6.09 Å². The van der Waals surface area contributed by atoms with Crippen molar-refractivity contribution in [1.82, 2.24) is 10.6 Å². The third-order valence-electron chi connectivity index (χ3n) is 2.27. The van der Waals surface area contributed by atoms with E-state index in [9.17, 15) is 9.59 Å². The molecule has 2 N–H and O–H groups in total. The second-order valence-corrected chi connectivity index (χ2v) is 5.74. The van der Waals surface area contributed by atoms with Gasteiger partial charge < -0.3 is 15.4 Å². The van der Waals surface area contributed by atoms with Gasteiger partial charge in [0.05, 0.1) is 0 Å². The maximum Gasteiger partial charge on any atom is 0.408 e. The lowest BCUT2D eigenvalue weighted by molar-refractivity contribution is -0.124. The standard InChI is InChI=1S/C14H26N2O3/c1-7-8-9-15-12(17)11(10(2)3)16-13(18)19-14(4,5)6/h7,10-11H,1,8-9H2,2-6H3,(H,15,17)(H,16,18)/t11-/m0/s1. The maximum absolute atomic E-state index is 11.9. The molecule has 0 aromatic heterocycles. The number of hydrogen-bond donors (Lipinski definition) is 2. The summed E-state index contributed by atoms with van der Waals surface area (Å²) >= 11 is 0. The van der Waals surface area contributed by atoms with Crippen molar-refractivity contribution in [2.75, 3.05) is 6.54 Å². The smallest absolute Gasteiger partial charge is 0.408 e. The summed E-state index contributed by atoms with van der Waals surface area (Å²) in [6.07, 6.45) is 1.85. The highest BCUT2D eigenvalue weighted by Gasteiger charge is 2.26. The Morgan fingerprint density at radius 2 is 1.89 bits per heavy atom. The Labute approximate surface area is 115 Å². The number of amides is 2. The van der Waals surface area contributed by atoms with E-state index in [2.05, 4.69) is 17.2 Å². The number of nitrogens with one attached hydrogen (secondary N) is 2. The van der Waals surface area contributed by atoms with E-state index >= 15 is 0 Å². The first-order valence-electron chi connectivity index (χ1n) is 6.55. The molecule has 0 aromatic rings. The van der Waals surface area contributed by atoms with Crippen molar-refractivity contribution in [3.8, 4) is 0 Å². The van der Waals surface area contributed by atoms with Crippen molar-refractivity contribution < 1.29 is 14.3 Å². The van der Waals surface area contributed by atoms with E-state index in [-0.39, 0.29) is 11.8 Å². The van der Waals surface area contributed by atoms with Crippen LogP contribution in [0.2, 0.25) is 0 Å². The van der Waals surface area contributed by atoms with Gasteiger partial charge in [-0.2, -0.15) is 0 Å². The van der Waals surface area contributed by atoms with E-state index < -0.39 is 17.7 Å². The fourth-order valence-corrected chi connectivity index (χ4v) is 1.38. The van der Waals surface area contributed by atoms with Crippen molar-refractivity contribution >= 4 is 12.0 Å². The molecule has 0 rings (SSSR count). The molecular weight excluding hydrogens is 244 g/mol. The maximum atomic E-state index is 11.9. The molecule has 0 aliphatic rings. The number of carbonyl (C=O) groups is 2. The van der Waals surface area contributed by atoms with E-state index in [0.717, 1.165) is 0 Å². The van der Waals surface area contributed by atoms with E-state index in [0.29, 0.717) is 13.0 Å². The molecule has 5 nitrogen and oxygen atoms in total. The number of carbonyl (C=O) groups excluding carboxylic acids is 2. The van der Waals surface area contributed by atoms with E-state index in [1.807, 2.05) is 13.8 Å². The van der Waals surface area contributed by atoms with E-state index in [1.165, 1.54) is 0 Å². The van der Waals surface area contributed by atoms with Crippen molar-refractivity contribution in [2.24, 2.45) is 5.92 Å². The third-order valence-corrected chi connectivity index (χ3v) is 2.27. The predicted molar refractivity (Wildman–Crippen MR) is 75.8 cm³/mol. The molecular formula is C14H26N2O3. The lowest BCUT2D eigenvalue weighted by Crippen LogP contribution is -2.51. The van der Waals surface area contributed by atoms with Gasteiger partial charge in [-0.3, -0.25) is 4.79 Å². The summed E-state index contributed by atoms with van der Waals surface area (Å²) in [4.78, 5) is 23.6.